The lowest BCUT2D eigenvalue weighted by Gasteiger charge is -2.34. The van der Waals surface area contributed by atoms with E-state index < -0.39 is 10.2 Å². The van der Waals surface area contributed by atoms with Crippen LogP contribution in [0.1, 0.15) is 31.5 Å². The molecule has 1 aliphatic heterocycles. The fraction of sp³-hybridized carbons (Fsp3) is 0.786. The van der Waals surface area contributed by atoms with Crippen molar-refractivity contribution in [2.75, 3.05) is 26.7 Å². The maximum atomic E-state index is 12.6. The number of aryl methyl sites for hydroxylation is 1. The Morgan fingerprint density at radius 1 is 1.57 bits per heavy atom. The van der Waals surface area contributed by atoms with Crippen molar-refractivity contribution in [3.05, 3.63) is 11.7 Å². The highest BCUT2D eigenvalue weighted by Crippen LogP contribution is 2.23. The summed E-state index contributed by atoms with van der Waals surface area (Å²) in [5, 5.41) is 12.7. The minimum absolute atomic E-state index is 0.178. The molecule has 0 unspecified atom stereocenters. The van der Waals surface area contributed by atoms with Gasteiger partial charge in [0.2, 0.25) is 5.89 Å². The third-order valence-corrected chi connectivity index (χ3v) is 5.92. The van der Waals surface area contributed by atoms with E-state index in [-0.39, 0.29) is 18.4 Å². The van der Waals surface area contributed by atoms with Gasteiger partial charge in [0.25, 0.3) is 10.2 Å². The number of aromatic nitrogens is 2. The summed E-state index contributed by atoms with van der Waals surface area (Å²) in [6.45, 7) is 4.60. The van der Waals surface area contributed by atoms with Crippen LogP contribution in [0.4, 0.5) is 0 Å². The molecule has 128 valence electrons. The summed E-state index contributed by atoms with van der Waals surface area (Å²) in [5.41, 5.74) is 0. The second kappa shape index (κ2) is 7.38. The Labute approximate surface area is 137 Å². The molecule has 0 aliphatic carbocycles. The van der Waals surface area contributed by atoms with Gasteiger partial charge in [0.05, 0.1) is 12.0 Å². The van der Waals surface area contributed by atoms with Gasteiger partial charge in [0.1, 0.15) is 0 Å². The molecule has 1 aromatic heterocycles. The molecule has 1 aliphatic rings. The number of piperidine rings is 1. The van der Waals surface area contributed by atoms with E-state index in [4.69, 9.17) is 9.78 Å². The molecule has 8 nitrogen and oxygen atoms in total. The van der Waals surface area contributed by atoms with Crippen LogP contribution in [-0.2, 0) is 16.6 Å². The smallest absolute Gasteiger partial charge is 0.281 e. The van der Waals surface area contributed by atoms with E-state index in [0.717, 1.165) is 12.8 Å². The third-order valence-electron chi connectivity index (χ3n) is 3.99. The van der Waals surface area contributed by atoms with Crippen molar-refractivity contribution in [1.29, 1.82) is 5.26 Å². The van der Waals surface area contributed by atoms with Gasteiger partial charge in [0.15, 0.2) is 5.82 Å². The molecule has 1 saturated heterocycles. The maximum absolute atomic E-state index is 12.6. The van der Waals surface area contributed by atoms with Crippen molar-refractivity contribution < 1.29 is 12.9 Å². The number of rotatable bonds is 6. The average Bonchev–Trinajstić information content (AvgIpc) is 2.92. The molecule has 0 N–H and O–H groups in total. The Balaban J connectivity index is 2.00. The molecule has 1 fully saturated rings. The molecular formula is C14H23N5O3S. The van der Waals surface area contributed by atoms with E-state index in [1.165, 1.54) is 15.7 Å². The summed E-state index contributed by atoms with van der Waals surface area (Å²) < 4.78 is 33.0. The summed E-state index contributed by atoms with van der Waals surface area (Å²) in [4.78, 5) is 4.19. The second-order valence-corrected chi connectivity index (χ2v) is 8.15. The summed E-state index contributed by atoms with van der Waals surface area (Å²) in [7, 11) is -2.01. The van der Waals surface area contributed by atoms with E-state index >= 15 is 0 Å². The van der Waals surface area contributed by atoms with E-state index in [1.807, 2.05) is 0 Å². The van der Waals surface area contributed by atoms with Crippen molar-refractivity contribution in [3.63, 3.8) is 0 Å². The van der Waals surface area contributed by atoms with Gasteiger partial charge in [0, 0.05) is 40.0 Å². The van der Waals surface area contributed by atoms with Gasteiger partial charge >= 0.3 is 0 Å². The second-order valence-electron chi connectivity index (χ2n) is 6.12. The Bertz CT molecular complexity index is 666. The van der Waals surface area contributed by atoms with Crippen molar-refractivity contribution in [3.8, 4) is 6.07 Å². The SMILES string of the molecule is Cc1nc(C[C@H]2CCCN(S(=O)(=O)N(C)C[C@@H](C)C#N)C2)no1. The van der Waals surface area contributed by atoms with E-state index in [2.05, 4.69) is 16.2 Å². The largest absolute Gasteiger partial charge is 0.340 e. The fourth-order valence-corrected chi connectivity index (χ4v) is 4.37. The molecule has 23 heavy (non-hydrogen) atoms. The predicted octanol–water partition coefficient (Wildman–Crippen LogP) is 0.969. The summed E-state index contributed by atoms with van der Waals surface area (Å²) in [6, 6.07) is 2.06. The Kier molecular flexibility index (Phi) is 5.73. The van der Waals surface area contributed by atoms with Crippen LogP contribution in [0.5, 0.6) is 0 Å². The van der Waals surface area contributed by atoms with Crippen LogP contribution in [0.15, 0.2) is 4.52 Å². The van der Waals surface area contributed by atoms with Crippen LogP contribution in [0.3, 0.4) is 0 Å². The van der Waals surface area contributed by atoms with Gasteiger partial charge in [-0.2, -0.15) is 27.3 Å². The van der Waals surface area contributed by atoms with Crippen molar-refractivity contribution in [2.24, 2.45) is 11.8 Å². The van der Waals surface area contributed by atoms with Gasteiger partial charge in [-0.3, -0.25) is 0 Å². The van der Waals surface area contributed by atoms with Crippen LogP contribution >= 0.6 is 0 Å². The highest BCUT2D eigenvalue weighted by Gasteiger charge is 2.32. The first-order valence-electron chi connectivity index (χ1n) is 7.73. The summed E-state index contributed by atoms with van der Waals surface area (Å²) in [5.74, 6) is 0.985. The number of nitrogens with zero attached hydrogens (tertiary/aromatic N) is 5. The highest BCUT2D eigenvalue weighted by atomic mass is 32.2. The standard InChI is InChI=1S/C14H23N5O3S/c1-11(8-15)9-18(3)23(20,21)19-6-4-5-13(10-19)7-14-16-12(2)22-17-14/h11,13H,4-7,9-10H2,1-3H3/t11-,13+/m0/s1. The normalized spacial score (nSPS) is 21.3. The summed E-state index contributed by atoms with van der Waals surface area (Å²) >= 11 is 0. The minimum atomic E-state index is -3.54. The zero-order valence-corrected chi connectivity index (χ0v) is 14.6. The van der Waals surface area contributed by atoms with Crippen LogP contribution in [0.25, 0.3) is 0 Å². The van der Waals surface area contributed by atoms with E-state index in [0.29, 0.717) is 31.2 Å². The summed E-state index contributed by atoms with van der Waals surface area (Å²) in [6.07, 6.45) is 2.36. The third kappa shape index (κ3) is 4.50. The lowest BCUT2D eigenvalue weighted by Crippen LogP contribution is -2.47. The zero-order valence-electron chi connectivity index (χ0n) is 13.8. The van der Waals surface area contributed by atoms with Gasteiger partial charge in [-0.15, -0.1) is 0 Å². The molecule has 0 saturated carbocycles. The molecule has 2 heterocycles. The molecule has 2 rings (SSSR count). The topological polar surface area (TPSA) is 103 Å². The van der Waals surface area contributed by atoms with Crippen LogP contribution in [0, 0.1) is 30.1 Å². The monoisotopic (exact) mass is 341 g/mol. The molecule has 9 heteroatoms. The van der Waals surface area contributed by atoms with Crippen molar-refractivity contribution in [1.82, 2.24) is 18.8 Å². The van der Waals surface area contributed by atoms with Crippen LogP contribution < -0.4 is 0 Å². The number of hydrogen-bond donors (Lipinski definition) is 0. The molecule has 2 atom stereocenters. The average molecular weight is 341 g/mol. The molecule has 0 aromatic carbocycles. The minimum Gasteiger partial charge on any atom is -0.340 e. The zero-order chi connectivity index (χ0) is 17.0. The lowest BCUT2D eigenvalue weighted by molar-refractivity contribution is 0.245. The van der Waals surface area contributed by atoms with Gasteiger partial charge < -0.3 is 4.52 Å². The predicted molar refractivity (Wildman–Crippen MR) is 83.4 cm³/mol. The lowest BCUT2D eigenvalue weighted by atomic mass is 9.96. The molecule has 0 amide bonds. The van der Waals surface area contributed by atoms with Gasteiger partial charge in [-0.1, -0.05) is 5.16 Å². The molecular weight excluding hydrogens is 318 g/mol. The quantitative estimate of drug-likeness (QED) is 0.764. The Hall–Kier alpha value is -1.50. The molecule has 0 radical (unpaired) electrons. The Morgan fingerprint density at radius 3 is 2.91 bits per heavy atom. The van der Waals surface area contributed by atoms with E-state index in [9.17, 15) is 8.42 Å². The number of nitriles is 1. The Morgan fingerprint density at radius 2 is 2.30 bits per heavy atom. The van der Waals surface area contributed by atoms with Gasteiger partial charge in [-0.25, -0.2) is 0 Å². The number of hydrogen-bond acceptors (Lipinski definition) is 6. The first-order chi connectivity index (χ1) is 10.8. The maximum Gasteiger partial charge on any atom is 0.281 e. The first-order valence-corrected chi connectivity index (χ1v) is 9.13. The van der Waals surface area contributed by atoms with E-state index in [1.54, 1.807) is 13.8 Å². The van der Waals surface area contributed by atoms with Crippen molar-refractivity contribution in [2.45, 2.75) is 33.1 Å². The molecule has 0 spiro atoms. The molecule has 1 aromatic rings. The van der Waals surface area contributed by atoms with Crippen LogP contribution in [0.2, 0.25) is 0 Å². The molecule has 0 bridgehead atoms. The first kappa shape index (κ1) is 17.8. The van der Waals surface area contributed by atoms with Crippen LogP contribution in [-0.4, -0.2) is 53.9 Å². The van der Waals surface area contributed by atoms with Gasteiger partial charge in [-0.05, 0) is 25.7 Å². The van der Waals surface area contributed by atoms with Crippen molar-refractivity contribution >= 4 is 10.2 Å². The highest BCUT2D eigenvalue weighted by molar-refractivity contribution is 7.86. The fourth-order valence-electron chi connectivity index (χ4n) is 2.80.